The van der Waals surface area contributed by atoms with Gasteiger partial charge in [0.2, 0.25) is 5.82 Å². The van der Waals surface area contributed by atoms with Crippen molar-refractivity contribution in [2.45, 2.75) is 13.3 Å². The summed E-state index contributed by atoms with van der Waals surface area (Å²) in [5.41, 5.74) is 0.569. The minimum Gasteiger partial charge on any atom is -0.300 e. The molecule has 84 valence electrons. The molecule has 0 spiro atoms. The zero-order valence-electron chi connectivity index (χ0n) is 8.63. The molecule has 0 unspecified atom stereocenters. The maximum Gasteiger partial charge on any atom is 0.441 e. The van der Waals surface area contributed by atoms with Crippen molar-refractivity contribution in [3.63, 3.8) is 0 Å². The molecule has 0 aliphatic heterocycles. The fourth-order valence-electron chi connectivity index (χ4n) is 1.22. The molecule has 2 aromatic rings. The normalized spacial score (nSPS) is 10.6. The SMILES string of the molecule is CC(=O)Cc1nonc1-c1noc(=O)n1C. The molecule has 0 amide bonds. The fraction of sp³-hybridized carbons (Fsp3) is 0.375. The molecule has 0 bridgehead atoms. The van der Waals surface area contributed by atoms with Gasteiger partial charge in [0.15, 0.2) is 5.69 Å². The van der Waals surface area contributed by atoms with Gasteiger partial charge in [-0.05, 0) is 12.1 Å². The van der Waals surface area contributed by atoms with Crippen LogP contribution in [-0.4, -0.2) is 25.8 Å². The van der Waals surface area contributed by atoms with Crippen molar-refractivity contribution in [1.29, 1.82) is 0 Å². The van der Waals surface area contributed by atoms with Crippen molar-refractivity contribution in [3.05, 3.63) is 16.2 Å². The van der Waals surface area contributed by atoms with Crippen molar-refractivity contribution in [3.8, 4) is 11.5 Å². The Balaban J connectivity index is 2.48. The largest absolute Gasteiger partial charge is 0.441 e. The third-order valence-electron chi connectivity index (χ3n) is 1.99. The highest BCUT2D eigenvalue weighted by Gasteiger charge is 2.20. The van der Waals surface area contributed by atoms with E-state index in [4.69, 9.17) is 0 Å². The van der Waals surface area contributed by atoms with Crippen LogP contribution < -0.4 is 5.76 Å². The first-order valence-corrected chi connectivity index (χ1v) is 4.43. The quantitative estimate of drug-likeness (QED) is 0.695. The molecule has 0 N–H and O–H groups in total. The van der Waals surface area contributed by atoms with Crippen LogP contribution in [0.3, 0.4) is 0 Å². The van der Waals surface area contributed by atoms with E-state index in [-0.39, 0.29) is 23.7 Å². The Kier molecular flexibility index (Phi) is 2.39. The number of ketones is 1. The van der Waals surface area contributed by atoms with E-state index in [1.165, 1.54) is 14.0 Å². The molecule has 0 saturated heterocycles. The van der Waals surface area contributed by atoms with Crippen LogP contribution in [0.1, 0.15) is 12.6 Å². The van der Waals surface area contributed by atoms with Crippen LogP contribution in [-0.2, 0) is 18.3 Å². The molecule has 0 radical (unpaired) electrons. The van der Waals surface area contributed by atoms with Gasteiger partial charge in [0.1, 0.15) is 11.5 Å². The van der Waals surface area contributed by atoms with E-state index < -0.39 is 5.76 Å². The summed E-state index contributed by atoms with van der Waals surface area (Å²) in [5.74, 6) is -0.528. The van der Waals surface area contributed by atoms with E-state index in [0.717, 1.165) is 4.57 Å². The topological polar surface area (TPSA) is 104 Å². The summed E-state index contributed by atoms with van der Waals surface area (Å²) < 4.78 is 10.1. The summed E-state index contributed by atoms with van der Waals surface area (Å²) in [6, 6.07) is 0. The van der Waals surface area contributed by atoms with E-state index in [9.17, 15) is 9.59 Å². The van der Waals surface area contributed by atoms with E-state index in [1.807, 2.05) is 0 Å². The lowest BCUT2D eigenvalue weighted by Crippen LogP contribution is -2.11. The molecule has 0 aliphatic rings. The summed E-state index contributed by atoms with van der Waals surface area (Å²) in [5, 5.41) is 10.7. The number of carbonyl (C=O) groups excluding carboxylic acids is 1. The number of hydrogen-bond acceptors (Lipinski definition) is 7. The first kappa shape index (κ1) is 10.3. The van der Waals surface area contributed by atoms with Gasteiger partial charge in [0.05, 0.1) is 6.42 Å². The summed E-state index contributed by atoms with van der Waals surface area (Å²) >= 11 is 0. The Labute approximate surface area is 88.8 Å². The molecule has 0 aliphatic carbocycles. The van der Waals surface area contributed by atoms with Crippen LogP contribution in [0.25, 0.3) is 11.5 Å². The average Bonchev–Trinajstić information content (AvgIpc) is 2.76. The number of carbonyl (C=O) groups is 1. The predicted octanol–water partition coefficient (Wildman–Crippen LogP) is -0.445. The molecule has 2 heterocycles. The van der Waals surface area contributed by atoms with E-state index in [1.54, 1.807) is 0 Å². The van der Waals surface area contributed by atoms with Crippen LogP contribution in [0, 0.1) is 0 Å². The Morgan fingerprint density at radius 1 is 1.38 bits per heavy atom. The third-order valence-corrected chi connectivity index (χ3v) is 1.99. The average molecular weight is 224 g/mol. The fourth-order valence-corrected chi connectivity index (χ4v) is 1.22. The number of aromatic nitrogens is 4. The van der Waals surface area contributed by atoms with Crippen molar-refractivity contribution in [2.24, 2.45) is 7.05 Å². The highest BCUT2D eigenvalue weighted by molar-refractivity contribution is 5.79. The highest BCUT2D eigenvalue weighted by Crippen LogP contribution is 2.16. The molecular formula is C8H8N4O4. The molecule has 2 aromatic heterocycles. The Morgan fingerprint density at radius 3 is 2.69 bits per heavy atom. The van der Waals surface area contributed by atoms with Gasteiger partial charge in [-0.15, -0.1) is 0 Å². The van der Waals surface area contributed by atoms with Crippen molar-refractivity contribution in [2.75, 3.05) is 0 Å². The smallest absolute Gasteiger partial charge is 0.300 e. The molecule has 2 rings (SSSR count). The Hall–Kier alpha value is -2.25. The maximum atomic E-state index is 11.1. The third kappa shape index (κ3) is 1.64. The van der Waals surface area contributed by atoms with Gasteiger partial charge in [-0.25, -0.2) is 9.42 Å². The Morgan fingerprint density at radius 2 is 2.12 bits per heavy atom. The van der Waals surface area contributed by atoms with Crippen molar-refractivity contribution in [1.82, 2.24) is 20.0 Å². The minimum atomic E-state index is -0.619. The summed E-state index contributed by atoms with van der Waals surface area (Å²) in [4.78, 5) is 22.0. The first-order valence-electron chi connectivity index (χ1n) is 4.43. The van der Waals surface area contributed by atoms with E-state index in [2.05, 4.69) is 24.6 Å². The lowest BCUT2D eigenvalue weighted by Gasteiger charge is -1.94. The standard InChI is InChI=1S/C8H8N4O4/c1-4(13)3-5-6(10-16-9-5)7-11-15-8(14)12(7)2/h3H2,1-2H3. The first-order chi connectivity index (χ1) is 7.59. The molecule has 0 atom stereocenters. The predicted molar refractivity (Wildman–Crippen MR) is 49.4 cm³/mol. The molecule has 0 aromatic carbocycles. The number of Topliss-reactive ketones (excluding diaryl/α,β-unsaturated/α-hetero) is 1. The molecular weight excluding hydrogens is 216 g/mol. The number of hydrogen-bond donors (Lipinski definition) is 0. The van der Waals surface area contributed by atoms with Crippen LogP contribution >= 0.6 is 0 Å². The van der Waals surface area contributed by atoms with Crippen LogP contribution in [0.15, 0.2) is 13.9 Å². The van der Waals surface area contributed by atoms with Gasteiger partial charge in [-0.3, -0.25) is 13.9 Å². The molecule has 16 heavy (non-hydrogen) atoms. The second kappa shape index (κ2) is 3.72. The zero-order valence-corrected chi connectivity index (χ0v) is 8.63. The minimum absolute atomic E-state index is 0.0693. The summed E-state index contributed by atoms with van der Waals surface area (Å²) in [6.07, 6.45) is 0.0693. The van der Waals surface area contributed by atoms with Crippen molar-refractivity contribution >= 4 is 5.78 Å². The van der Waals surface area contributed by atoms with Crippen LogP contribution in [0.4, 0.5) is 0 Å². The molecule has 0 fully saturated rings. The van der Waals surface area contributed by atoms with Gasteiger partial charge in [0, 0.05) is 7.05 Å². The van der Waals surface area contributed by atoms with Crippen LogP contribution in [0.5, 0.6) is 0 Å². The maximum absolute atomic E-state index is 11.1. The second-order valence-corrected chi connectivity index (χ2v) is 3.27. The van der Waals surface area contributed by atoms with Crippen LogP contribution in [0.2, 0.25) is 0 Å². The lowest BCUT2D eigenvalue weighted by molar-refractivity contribution is -0.116. The Bertz CT molecular complexity index is 579. The number of rotatable bonds is 3. The highest BCUT2D eigenvalue weighted by atomic mass is 16.6. The monoisotopic (exact) mass is 224 g/mol. The summed E-state index contributed by atoms with van der Waals surface area (Å²) in [6.45, 7) is 1.42. The van der Waals surface area contributed by atoms with Gasteiger partial charge in [-0.2, -0.15) is 0 Å². The second-order valence-electron chi connectivity index (χ2n) is 3.27. The van der Waals surface area contributed by atoms with Gasteiger partial charge >= 0.3 is 5.76 Å². The van der Waals surface area contributed by atoms with Gasteiger partial charge in [0.25, 0.3) is 0 Å². The molecule has 8 nitrogen and oxygen atoms in total. The molecule has 8 heteroatoms. The van der Waals surface area contributed by atoms with E-state index in [0.29, 0.717) is 5.69 Å². The molecule has 0 saturated carbocycles. The summed E-state index contributed by atoms with van der Waals surface area (Å²) in [7, 11) is 1.47. The van der Waals surface area contributed by atoms with Crippen molar-refractivity contribution < 1.29 is 13.9 Å². The van der Waals surface area contributed by atoms with Gasteiger partial charge in [-0.1, -0.05) is 10.3 Å². The number of nitrogens with zero attached hydrogens (tertiary/aromatic N) is 4. The zero-order chi connectivity index (χ0) is 11.7. The van der Waals surface area contributed by atoms with Gasteiger partial charge < -0.3 is 0 Å². The lowest BCUT2D eigenvalue weighted by atomic mass is 10.2. The van der Waals surface area contributed by atoms with E-state index >= 15 is 0 Å².